The van der Waals surface area contributed by atoms with E-state index in [-0.39, 0.29) is 41.3 Å². The lowest BCUT2D eigenvalue weighted by atomic mass is 9.93. The van der Waals surface area contributed by atoms with Gasteiger partial charge in [0.05, 0.1) is 51.9 Å². The molecule has 0 bridgehead atoms. The molecule has 10 nitrogen and oxygen atoms in total. The molecule has 1 fully saturated rings. The molecular formula is C37H31F2N7O3S. The van der Waals surface area contributed by atoms with Gasteiger partial charge in [-0.25, -0.2) is 18.7 Å². The SMILES string of the molecule is COc1c(F)ccc2c1CC[C@@H]2Nc1ncnc2cc(-c3c4c(nc(CCc5ccc(F)cc5)c3-c3nnc(C)o3)[C@@H]3CCCN3C4=O)sc12. The molecular weight excluding hydrogens is 661 g/mol. The number of halogens is 2. The van der Waals surface area contributed by atoms with E-state index in [0.717, 1.165) is 62.4 Å². The summed E-state index contributed by atoms with van der Waals surface area (Å²) in [5, 5.41) is 12.2. The fourth-order valence-corrected chi connectivity index (χ4v) is 8.90. The Labute approximate surface area is 289 Å². The van der Waals surface area contributed by atoms with E-state index in [1.165, 1.54) is 43.0 Å². The molecule has 0 spiro atoms. The number of hydrogen-bond donors (Lipinski definition) is 1. The third-order valence-corrected chi connectivity index (χ3v) is 11.2. The van der Waals surface area contributed by atoms with Crippen LogP contribution in [-0.2, 0) is 19.3 Å². The number of hydrogen-bond acceptors (Lipinski definition) is 10. The number of aryl methyl sites for hydroxylation is 3. The average molecular weight is 692 g/mol. The van der Waals surface area contributed by atoms with Crippen molar-refractivity contribution in [1.82, 2.24) is 30.0 Å². The molecule has 0 radical (unpaired) electrons. The summed E-state index contributed by atoms with van der Waals surface area (Å²) in [6.45, 7) is 2.40. The van der Waals surface area contributed by atoms with Crippen LogP contribution in [0.2, 0.25) is 0 Å². The van der Waals surface area contributed by atoms with Crippen LogP contribution in [0.4, 0.5) is 14.6 Å². The lowest BCUT2D eigenvalue weighted by Gasteiger charge is -2.16. The Morgan fingerprint density at radius 2 is 1.90 bits per heavy atom. The van der Waals surface area contributed by atoms with E-state index in [1.807, 2.05) is 11.0 Å². The number of carbonyl (C=O) groups excluding carboxylic acids is 1. The summed E-state index contributed by atoms with van der Waals surface area (Å²) >= 11 is 1.49. The van der Waals surface area contributed by atoms with Gasteiger partial charge in [-0.1, -0.05) is 18.2 Å². The maximum Gasteiger partial charge on any atom is 0.257 e. The number of rotatable bonds is 8. The normalized spacial score (nSPS) is 17.8. The minimum absolute atomic E-state index is 0.0572. The molecule has 50 heavy (non-hydrogen) atoms. The molecule has 1 N–H and O–H groups in total. The van der Waals surface area contributed by atoms with Crippen LogP contribution in [0.15, 0.2) is 53.2 Å². The number of benzene rings is 2. The van der Waals surface area contributed by atoms with Crippen molar-refractivity contribution in [1.29, 1.82) is 0 Å². The minimum atomic E-state index is -0.372. The topological polar surface area (TPSA) is 119 Å². The van der Waals surface area contributed by atoms with Crippen LogP contribution in [0.3, 0.4) is 0 Å². The number of ether oxygens (including phenoxy) is 1. The predicted octanol–water partition coefficient (Wildman–Crippen LogP) is 7.57. The second-order valence-corrected chi connectivity index (χ2v) is 14.0. The Kier molecular flexibility index (Phi) is 7.34. The molecule has 13 heteroatoms. The van der Waals surface area contributed by atoms with Crippen LogP contribution < -0.4 is 10.1 Å². The van der Waals surface area contributed by atoms with Crippen molar-refractivity contribution in [3.63, 3.8) is 0 Å². The van der Waals surface area contributed by atoms with Gasteiger partial charge < -0.3 is 19.4 Å². The van der Waals surface area contributed by atoms with E-state index in [4.69, 9.17) is 14.1 Å². The molecule has 9 rings (SSSR count). The van der Waals surface area contributed by atoms with E-state index in [0.29, 0.717) is 54.2 Å². The highest BCUT2D eigenvalue weighted by molar-refractivity contribution is 7.22. The molecule has 2 atom stereocenters. The standard InChI is InChI=1S/C37H31F2N7O3S/c1-18-44-45-36(49-18)29-25(13-7-19-5-8-20(38)9-6-19)42-32-27-4-3-15-46(27)37(47)31(32)30(29)28-16-26-34(50-28)35(41-17-40-26)43-24-14-11-22-21(24)10-12-23(39)33(22)48-2/h5-6,8-10,12,16-17,24,27H,3-4,7,11,13-15H2,1-2H3,(H,40,41,43)/t24-,27-/m0/s1. The van der Waals surface area contributed by atoms with E-state index in [2.05, 4.69) is 25.5 Å². The van der Waals surface area contributed by atoms with Gasteiger partial charge in [-0.15, -0.1) is 21.5 Å². The first kappa shape index (κ1) is 30.7. The van der Waals surface area contributed by atoms with Gasteiger partial charge in [0, 0.05) is 29.5 Å². The number of nitrogens with one attached hydrogen (secondary N) is 1. The van der Waals surface area contributed by atoms with Gasteiger partial charge in [-0.3, -0.25) is 9.78 Å². The van der Waals surface area contributed by atoms with Crippen molar-refractivity contribution < 1.29 is 22.7 Å². The van der Waals surface area contributed by atoms with Gasteiger partial charge in [0.25, 0.3) is 5.91 Å². The molecule has 0 unspecified atom stereocenters. The highest BCUT2D eigenvalue weighted by atomic mass is 32.1. The zero-order chi connectivity index (χ0) is 34.1. The third-order valence-electron chi connectivity index (χ3n) is 10.0. The molecule has 6 aromatic rings. The fourth-order valence-electron chi connectivity index (χ4n) is 7.78. The van der Waals surface area contributed by atoms with Crippen molar-refractivity contribution in [2.75, 3.05) is 19.0 Å². The van der Waals surface area contributed by atoms with Crippen LogP contribution >= 0.6 is 11.3 Å². The Hall–Kier alpha value is -5.30. The van der Waals surface area contributed by atoms with Crippen LogP contribution in [0, 0.1) is 18.6 Å². The average Bonchev–Trinajstić information content (AvgIpc) is 3.96. The number of aromatic nitrogens is 5. The van der Waals surface area contributed by atoms with E-state index in [9.17, 15) is 13.6 Å². The summed E-state index contributed by atoms with van der Waals surface area (Å²) < 4.78 is 40.5. The molecule has 1 amide bonds. The highest BCUT2D eigenvalue weighted by Gasteiger charge is 2.45. The van der Waals surface area contributed by atoms with Crippen molar-refractivity contribution in [2.45, 2.75) is 57.5 Å². The van der Waals surface area contributed by atoms with Crippen molar-refractivity contribution >= 4 is 33.3 Å². The molecule has 4 aromatic heterocycles. The maximum atomic E-state index is 14.5. The summed E-state index contributed by atoms with van der Waals surface area (Å²) in [5.41, 5.74) is 6.89. The van der Waals surface area contributed by atoms with Gasteiger partial charge in [0.2, 0.25) is 11.8 Å². The summed E-state index contributed by atoms with van der Waals surface area (Å²) in [5.74, 6) is 0.894. The minimum Gasteiger partial charge on any atom is -0.493 e. The Morgan fingerprint density at radius 1 is 1.04 bits per heavy atom. The molecule has 2 aliphatic heterocycles. The van der Waals surface area contributed by atoms with Gasteiger partial charge >= 0.3 is 0 Å². The van der Waals surface area contributed by atoms with Crippen LogP contribution in [0.25, 0.3) is 32.1 Å². The zero-order valence-corrected chi connectivity index (χ0v) is 28.1. The first-order chi connectivity index (χ1) is 24.4. The van der Waals surface area contributed by atoms with Gasteiger partial charge in [-0.2, -0.15) is 0 Å². The Balaban J connectivity index is 1.20. The first-order valence-electron chi connectivity index (χ1n) is 16.7. The largest absolute Gasteiger partial charge is 0.493 e. The van der Waals surface area contributed by atoms with Crippen LogP contribution in [0.5, 0.6) is 5.75 Å². The predicted molar refractivity (Wildman–Crippen MR) is 183 cm³/mol. The van der Waals surface area contributed by atoms with Gasteiger partial charge in [0.15, 0.2) is 11.6 Å². The zero-order valence-electron chi connectivity index (χ0n) is 27.3. The Morgan fingerprint density at radius 3 is 2.70 bits per heavy atom. The van der Waals surface area contributed by atoms with Crippen molar-refractivity contribution in [3.8, 4) is 27.6 Å². The highest BCUT2D eigenvalue weighted by Crippen LogP contribution is 2.50. The number of anilines is 1. The molecule has 0 saturated carbocycles. The molecule has 1 aliphatic carbocycles. The third kappa shape index (κ3) is 4.93. The molecule has 3 aliphatic rings. The van der Waals surface area contributed by atoms with Crippen molar-refractivity contribution in [3.05, 3.63) is 100.0 Å². The molecule has 2 aromatic carbocycles. The summed E-state index contributed by atoms with van der Waals surface area (Å²) in [6, 6.07) is 11.5. The first-order valence-corrected chi connectivity index (χ1v) is 17.5. The van der Waals surface area contributed by atoms with Crippen LogP contribution in [0.1, 0.15) is 75.7 Å². The number of nitrogens with zero attached hydrogens (tertiary/aromatic N) is 6. The lowest BCUT2D eigenvalue weighted by Crippen LogP contribution is -2.22. The lowest BCUT2D eigenvalue weighted by molar-refractivity contribution is 0.0776. The summed E-state index contributed by atoms with van der Waals surface area (Å²) in [6.07, 6.45) is 5.80. The molecule has 1 saturated heterocycles. The van der Waals surface area contributed by atoms with Crippen LogP contribution in [-0.4, -0.2) is 49.6 Å². The van der Waals surface area contributed by atoms with E-state index in [1.54, 1.807) is 25.1 Å². The maximum absolute atomic E-state index is 14.5. The number of methoxy groups -OCH3 is 1. The number of amides is 1. The monoisotopic (exact) mass is 691 g/mol. The second-order valence-electron chi connectivity index (χ2n) is 12.9. The van der Waals surface area contributed by atoms with Crippen molar-refractivity contribution in [2.24, 2.45) is 0 Å². The number of pyridine rings is 1. The van der Waals surface area contributed by atoms with Gasteiger partial charge in [0.1, 0.15) is 18.0 Å². The molecule has 6 heterocycles. The van der Waals surface area contributed by atoms with E-state index >= 15 is 0 Å². The number of thiophene rings is 1. The molecule has 252 valence electrons. The summed E-state index contributed by atoms with van der Waals surface area (Å²) in [4.78, 5) is 31.4. The van der Waals surface area contributed by atoms with E-state index < -0.39 is 0 Å². The fraction of sp³-hybridized carbons (Fsp3) is 0.297. The summed E-state index contributed by atoms with van der Waals surface area (Å²) in [7, 11) is 1.49. The smallest absolute Gasteiger partial charge is 0.257 e. The second kappa shape index (κ2) is 11.9. The van der Waals surface area contributed by atoms with Gasteiger partial charge in [-0.05, 0) is 73.9 Å². The quantitative estimate of drug-likeness (QED) is 0.172. The number of carbonyl (C=O) groups is 1. The Bertz CT molecular complexity index is 2320. The number of fused-ring (bicyclic) bond motifs is 5.